The van der Waals surface area contributed by atoms with Gasteiger partial charge in [-0.3, -0.25) is 9.88 Å². The van der Waals surface area contributed by atoms with Crippen molar-refractivity contribution in [3.05, 3.63) is 42.5 Å². The summed E-state index contributed by atoms with van der Waals surface area (Å²) in [6.45, 7) is 6.31. The number of aromatic nitrogens is 3. The molecule has 2 aromatic rings. The molecule has 0 aliphatic carbocycles. The van der Waals surface area contributed by atoms with Gasteiger partial charge in [-0.15, -0.1) is 0 Å². The van der Waals surface area contributed by atoms with E-state index in [-0.39, 0.29) is 6.04 Å². The normalized spacial score (nSPS) is 17.9. The maximum atomic E-state index is 4.68. The SMILES string of the molecule is CC(c1nccc(-c2ccccn2)n1)N1CCNCC1. The van der Waals surface area contributed by atoms with Gasteiger partial charge < -0.3 is 5.32 Å². The number of nitrogens with one attached hydrogen (secondary N) is 1. The highest BCUT2D eigenvalue weighted by atomic mass is 15.2. The van der Waals surface area contributed by atoms with Crippen molar-refractivity contribution < 1.29 is 0 Å². The van der Waals surface area contributed by atoms with Gasteiger partial charge in [0.25, 0.3) is 0 Å². The van der Waals surface area contributed by atoms with E-state index in [2.05, 4.69) is 32.1 Å². The van der Waals surface area contributed by atoms with Crippen molar-refractivity contribution in [3.63, 3.8) is 0 Å². The Morgan fingerprint density at radius 2 is 1.90 bits per heavy atom. The van der Waals surface area contributed by atoms with Crippen LogP contribution in [0.25, 0.3) is 11.4 Å². The van der Waals surface area contributed by atoms with E-state index >= 15 is 0 Å². The summed E-state index contributed by atoms with van der Waals surface area (Å²) in [6.07, 6.45) is 3.61. The van der Waals surface area contributed by atoms with Crippen LogP contribution in [-0.2, 0) is 0 Å². The fraction of sp³-hybridized carbons (Fsp3) is 0.400. The van der Waals surface area contributed by atoms with E-state index in [9.17, 15) is 0 Å². The van der Waals surface area contributed by atoms with Gasteiger partial charge in [0.1, 0.15) is 5.82 Å². The summed E-state index contributed by atoms with van der Waals surface area (Å²) < 4.78 is 0. The molecule has 0 saturated carbocycles. The third-order valence-electron chi connectivity index (χ3n) is 3.67. The third kappa shape index (κ3) is 2.84. The van der Waals surface area contributed by atoms with Crippen LogP contribution in [0.4, 0.5) is 0 Å². The van der Waals surface area contributed by atoms with E-state index in [0.29, 0.717) is 0 Å². The molecule has 1 N–H and O–H groups in total. The van der Waals surface area contributed by atoms with Gasteiger partial charge in [-0.2, -0.15) is 0 Å². The van der Waals surface area contributed by atoms with Crippen molar-refractivity contribution >= 4 is 0 Å². The molecule has 1 unspecified atom stereocenters. The molecule has 0 aromatic carbocycles. The van der Waals surface area contributed by atoms with E-state index in [4.69, 9.17) is 0 Å². The highest BCUT2D eigenvalue weighted by molar-refractivity contribution is 5.52. The highest BCUT2D eigenvalue weighted by Crippen LogP contribution is 2.19. The van der Waals surface area contributed by atoms with Gasteiger partial charge in [-0.25, -0.2) is 9.97 Å². The maximum Gasteiger partial charge on any atom is 0.145 e. The van der Waals surface area contributed by atoms with E-state index in [1.165, 1.54) is 0 Å². The summed E-state index contributed by atoms with van der Waals surface area (Å²) in [5, 5.41) is 3.37. The first-order chi connectivity index (χ1) is 9.84. The monoisotopic (exact) mass is 269 g/mol. The largest absolute Gasteiger partial charge is 0.314 e. The molecule has 0 bridgehead atoms. The number of pyridine rings is 1. The Morgan fingerprint density at radius 1 is 1.05 bits per heavy atom. The molecule has 0 radical (unpaired) electrons. The van der Waals surface area contributed by atoms with Crippen molar-refractivity contribution in [2.75, 3.05) is 26.2 Å². The summed E-state index contributed by atoms with van der Waals surface area (Å²) in [4.78, 5) is 15.9. The van der Waals surface area contributed by atoms with Gasteiger partial charge in [-0.05, 0) is 25.1 Å². The van der Waals surface area contributed by atoms with Crippen LogP contribution in [0, 0.1) is 0 Å². The fourth-order valence-corrected chi connectivity index (χ4v) is 2.46. The molecule has 20 heavy (non-hydrogen) atoms. The zero-order valence-corrected chi connectivity index (χ0v) is 11.7. The second-order valence-electron chi connectivity index (χ2n) is 4.98. The molecule has 3 rings (SSSR count). The molecule has 3 heterocycles. The molecule has 0 amide bonds. The summed E-state index contributed by atoms with van der Waals surface area (Å²) in [7, 11) is 0. The standard InChI is InChI=1S/C15H19N5/c1-12(20-10-8-16-9-11-20)15-18-7-5-14(19-15)13-4-2-3-6-17-13/h2-7,12,16H,8-11H2,1H3. The molecule has 1 saturated heterocycles. The molecule has 104 valence electrons. The van der Waals surface area contributed by atoms with Gasteiger partial charge in [0, 0.05) is 38.6 Å². The molecular weight excluding hydrogens is 250 g/mol. The molecule has 1 aliphatic heterocycles. The second-order valence-corrected chi connectivity index (χ2v) is 4.98. The smallest absolute Gasteiger partial charge is 0.145 e. The van der Waals surface area contributed by atoms with Gasteiger partial charge in [0.15, 0.2) is 0 Å². The predicted octanol–water partition coefficient (Wildman–Crippen LogP) is 1.50. The van der Waals surface area contributed by atoms with Gasteiger partial charge in [0.2, 0.25) is 0 Å². The van der Waals surface area contributed by atoms with Crippen LogP contribution in [0.3, 0.4) is 0 Å². The molecule has 1 aliphatic rings. The minimum absolute atomic E-state index is 0.237. The summed E-state index contributed by atoms with van der Waals surface area (Å²) in [5.41, 5.74) is 1.78. The Morgan fingerprint density at radius 3 is 2.65 bits per heavy atom. The molecule has 0 spiro atoms. The Bertz CT molecular complexity index is 551. The van der Waals surface area contributed by atoms with Crippen LogP contribution in [-0.4, -0.2) is 46.0 Å². The Labute approximate surface area is 119 Å². The van der Waals surface area contributed by atoms with Crippen LogP contribution >= 0.6 is 0 Å². The summed E-state index contributed by atoms with van der Waals surface area (Å²) in [6, 6.07) is 8.01. The topological polar surface area (TPSA) is 53.9 Å². The van der Waals surface area contributed by atoms with Crippen molar-refractivity contribution in [2.45, 2.75) is 13.0 Å². The van der Waals surface area contributed by atoms with Gasteiger partial charge in [-0.1, -0.05) is 6.07 Å². The lowest BCUT2D eigenvalue weighted by molar-refractivity contribution is 0.179. The first-order valence-corrected chi connectivity index (χ1v) is 7.04. The molecule has 1 atom stereocenters. The van der Waals surface area contributed by atoms with Crippen molar-refractivity contribution in [1.82, 2.24) is 25.2 Å². The van der Waals surface area contributed by atoms with Gasteiger partial charge >= 0.3 is 0 Å². The van der Waals surface area contributed by atoms with Crippen LogP contribution < -0.4 is 5.32 Å². The first kappa shape index (κ1) is 13.1. The zero-order chi connectivity index (χ0) is 13.8. The van der Waals surface area contributed by atoms with Crippen LogP contribution in [0.1, 0.15) is 18.8 Å². The lowest BCUT2D eigenvalue weighted by atomic mass is 10.2. The highest BCUT2D eigenvalue weighted by Gasteiger charge is 2.20. The first-order valence-electron chi connectivity index (χ1n) is 7.04. The predicted molar refractivity (Wildman–Crippen MR) is 78.1 cm³/mol. The summed E-state index contributed by atoms with van der Waals surface area (Å²) in [5.74, 6) is 0.870. The zero-order valence-electron chi connectivity index (χ0n) is 11.7. The quantitative estimate of drug-likeness (QED) is 0.915. The van der Waals surface area contributed by atoms with Crippen molar-refractivity contribution in [3.8, 4) is 11.4 Å². The number of piperazine rings is 1. The van der Waals surface area contributed by atoms with Crippen LogP contribution in [0.2, 0.25) is 0 Å². The molecular formula is C15H19N5. The fourth-order valence-electron chi connectivity index (χ4n) is 2.46. The van der Waals surface area contributed by atoms with E-state index in [1.54, 1.807) is 6.20 Å². The van der Waals surface area contributed by atoms with Crippen molar-refractivity contribution in [1.29, 1.82) is 0 Å². The number of rotatable bonds is 3. The second kappa shape index (κ2) is 6.07. The molecule has 2 aromatic heterocycles. The summed E-state index contributed by atoms with van der Waals surface area (Å²) >= 11 is 0. The number of hydrogen-bond acceptors (Lipinski definition) is 5. The number of nitrogens with zero attached hydrogens (tertiary/aromatic N) is 4. The van der Waals surface area contributed by atoms with Crippen LogP contribution in [0.15, 0.2) is 36.7 Å². The average Bonchev–Trinajstić information content (AvgIpc) is 2.56. The minimum Gasteiger partial charge on any atom is -0.314 e. The lowest BCUT2D eigenvalue weighted by Gasteiger charge is -2.31. The number of hydrogen-bond donors (Lipinski definition) is 1. The van der Waals surface area contributed by atoms with Crippen LogP contribution in [0.5, 0.6) is 0 Å². The lowest BCUT2D eigenvalue weighted by Crippen LogP contribution is -2.44. The van der Waals surface area contributed by atoms with Gasteiger partial charge in [0.05, 0.1) is 17.4 Å². The van der Waals surface area contributed by atoms with E-state index in [0.717, 1.165) is 43.4 Å². The molecule has 1 fully saturated rings. The Balaban J connectivity index is 1.83. The Kier molecular flexibility index (Phi) is 3.99. The minimum atomic E-state index is 0.237. The Hall–Kier alpha value is -1.85. The molecule has 5 nitrogen and oxygen atoms in total. The van der Waals surface area contributed by atoms with Crippen molar-refractivity contribution in [2.24, 2.45) is 0 Å². The average molecular weight is 269 g/mol. The maximum absolute atomic E-state index is 4.68. The third-order valence-corrected chi connectivity index (χ3v) is 3.67. The van der Waals surface area contributed by atoms with E-state index < -0.39 is 0 Å². The molecule has 5 heteroatoms. The van der Waals surface area contributed by atoms with E-state index in [1.807, 2.05) is 30.5 Å².